The minimum atomic E-state index is -0.258. The van der Waals surface area contributed by atoms with E-state index in [1.165, 1.54) is 12.0 Å². The second kappa shape index (κ2) is 7.92. The number of nitrogens with zero attached hydrogens (tertiary/aromatic N) is 3. The molecule has 5 nitrogen and oxygen atoms in total. The van der Waals surface area contributed by atoms with Gasteiger partial charge in [0, 0.05) is 44.0 Å². The second-order valence-corrected chi connectivity index (χ2v) is 8.18. The average Bonchev–Trinajstić information content (AvgIpc) is 3.40. The van der Waals surface area contributed by atoms with Crippen LogP contribution in [0.1, 0.15) is 43.7 Å². The summed E-state index contributed by atoms with van der Waals surface area (Å²) in [5, 5.41) is 7.38. The highest BCUT2D eigenvalue weighted by atomic mass is 16.2. The molecular formula is C23H30N4O. The third-order valence-electron chi connectivity index (χ3n) is 6.60. The van der Waals surface area contributed by atoms with Crippen LogP contribution in [0.25, 0.3) is 6.08 Å². The maximum atomic E-state index is 13.2. The molecule has 2 aliphatic rings. The molecular weight excluding hydrogens is 348 g/mol. The molecule has 2 fully saturated rings. The molecule has 2 bridgehead atoms. The molecule has 148 valence electrons. The second-order valence-electron chi connectivity index (χ2n) is 8.18. The highest BCUT2D eigenvalue weighted by molar-refractivity contribution is 5.84. The van der Waals surface area contributed by atoms with Crippen LogP contribution >= 0.6 is 0 Å². The van der Waals surface area contributed by atoms with Crippen LogP contribution in [0, 0.1) is 5.41 Å². The van der Waals surface area contributed by atoms with Gasteiger partial charge in [-0.2, -0.15) is 5.10 Å². The monoisotopic (exact) mass is 378 g/mol. The third kappa shape index (κ3) is 3.51. The molecule has 0 radical (unpaired) electrons. The maximum Gasteiger partial charge on any atom is 0.228 e. The summed E-state index contributed by atoms with van der Waals surface area (Å²) in [5.74, 6) is 0.211. The highest BCUT2D eigenvalue weighted by Gasteiger charge is 2.58. The Hall–Kier alpha value is -2.40. The average molecular weight is 379 g/mol. The van der Waals surface area contributed by atoms with E-state index in [-0.39, 0.29) is 11.3 Å². The number of amides is 1. The van der Waals surface area contributed by atoms with E-state index < -0.39 is 0 Å². The van der Waals surface area contributed by atoms with Crippen molar-refractivity contribution < 1.29 is 4.79 Å². The molecule has 1 N–H and O–H groups in total. The standard InChI is InChI=1S/C23H30N4O/c1-3-23(22(28)24-15-19-16-25-26(2)17-19)14-20-11-12-21(23)27(20)13-7-10-18-8-5-4-6-9-18/h4-10,16-17,20-21H,3,11-15H2,1-2H3,(H,24,28)/b10-7+/t20-,21+,23+/m0/s1. The van der Waals surface area contributed by atoms with Crippen molar-refractivity contribution in [2.24, 2.45) is 12.5 Å². The largest absolute Gasteiger partial charge is 0.351 e. The molecule has 3 atom stereocenters. The van der Waals surface area contributed by atoms with Gasteiger partial charge in [-0.3, -0.25) is 14.4 Å². The van der Waals surface area contributed by atoms with Gasteiger partial charge in [-0.15, -0.1) is 0 Å². The molecule has 1 amide bonds. The van der Waals surface area contributed by atoms with Gasteiger partial charge in [-0.25, -0.2) is 0 Å². The zero-order valence-corrected chi connectivity index (χ0v) is 16.8. The number of nitrogens with one attached hydrogen (secondary N) is 1. The Morgan fingerprint density at radius 1 is 1.32 bits per heavy atom. The van der Waals surface area contributed by atoms with Crippen LogP contribution in [0.2, 0.25) is 0 Å². The number of carbonyl (C=O) groups is 1. The first-order valence-electron chi connectivity index (χ1n) is 10.4. The summed E-state index contributed by atoms with van der Waals surface area (Å²) in [6, 6.07) is 11.3. The van der Waals surface area contributed by atoms with E-state index in [1.54, 1.807) is 4.68 Å². The molecule has 2 saturated heterocycles. The fourth-order valence-electron chi connectivity index (χ4n) is 5.16. The molecule has 28 heavy (non-hydrogen) atoms. The van der Waals surface area contributed by atoms with Gasteiger partial charge in [0.1, 0.15) is 0 Å². The van der Waals surface area contributed by atoms with Crippen LogP contribution in [0.3, 0.4) is 0 Å². The van der Waals surface area contributed by atoms with Crippen molar-refractivity contribution in [2.45, 2.75) is 51.2 Å². The summed E-state index contributed by atoms with van der Waals surface area (Å²) in [4.78, 5) is 15.8. The van der Waals surface area contributed by atoms with E-state index in [1.807, 2.05) is 25.5 Å². The summed E-state index contributed by atoms with van der Waals surface area (Å²) >= 11 is 0. The van der Waals surface area contributed by atoms with Gasteiger partial charge in [-0.1, -0.05) is 49.4 Å². The van der Waals surface area contributed by atoms with Gasteiger partial charge in [0.15, 0.2) is 0 Å². The third-order valence-corrected chi connectivity index (χ3v) is 6.60. The Kier molecular flexibility index (Phi) is 5.36. The predicted octanol–water partition coefficient (Wildman–Crippen LogP) is 3.38. The Balaban J connectivity index is 1.42. The van der Waals surface area contributed by atoms with E-state index >= 15 is 0 Å². The van der Waals surface area contributed by atoms with Crippen LogP contribution < -0.4 is 5.32 Å². The molecule has 0 spiro atoms. The van der Waals surface area contributed by atoms with E-state index in [2.05, 4.69) is 58.7 Å². The first-order chi connectivity index (χ1) is 13.6. The SMILES string of the molecule is CC[C@@]1(C(=O)NCc2cnn(C)c2)C[C@@H]2CC[C@H]1N2C/C=C/c1ccccc1. The normalized spacial score (nSPS) is 26.9. The topological polar surface area (TPSA) is 50.2 Å². The Bertz CT molecular complexity index is 843. The number of benzene rings is 1. The minimum absolute atomic E-state index is 0.211. The molecule has 0 unspecified atom stereocenters. The number of fused-ring (bicyclic) bond motifs is 2. The molecule has 2 aromatic rings. The van der Waals surface area contributed by atoms with E-state index in [9.17, 15) is 4.79 Å². The van der Waals surface area contributed by atoms with Crippen molar-refractivity contribution in [1.29, 1.82) is 0 Å². The minimum Gasteiger partial charge on any atom is -0.351 e. The lowest BCUT2D eigenvalue weighted by atomic mass is 9.71. The van der Waals surface area contributed by atoms with Gasteiger partial charge in [0.05, 0.1) is 11.6 Å². The van der Waals surface area contributed by atoms with Crippen molar-refractivity contribution in [1.82, 2.24) is 20.0 Å². The molecule has 0 aliphatic carbocycles. The first-order valence-corrected chi connectivity index (χ1v) is 10.4. The van der Waals surface area contributed by atoms with Gasteiger partial charge in [0.25, 0.3) is 0 Å². The predicted molar refractivity (Wildman–Crippen MR) is 111 cm³/mol. The zero-order chi connectivity index (χ0) is 19.6. The van der Waals surface area contributed by atoms with Crippen LogP contribution in [0.4, 0.5) is 0 Å². The lowest BCUT2D eigenvalue weighted by molar-refractivity contribution is -0.133. The van der Waals surface area contributed by atoms with E-state index in [4.69, 9.17) is 0 Å². The van der Waals surface area contributed by atoms with E-state index in [0.717, 1.165) is 31.4 Å². The van der Waals surface area contributed by atoms with Crippen molar-refractivity contribution in [3.8, 4) is 0 Å². The van der Waals surface area contributed by atoms with Crippen molar-refractivity contribution in [3.05, 3.63) is 59.9 Å². The lowest BCUT2D eigenvalue weighted by Crippen LogP contribution is -2.48. The van der Waals surface area contributed by atoms with E-state index in [0.29, 0.717) is 18.6 Å². The molecule has 1 aromatic heterocycles. The summed E-state index contributed by atoms with van der Waals surface area (Å²) in [7, 11) is 1.90. The number of aromatic nitrogens is 2. The quantitative estimate of drug-likeness (QED) is 0.804. The van der Waals surface area contributed by atoms with Crippen LogP contribution in [-0.4, -0.2) is 39.2 Å². The molecule has 0 saturated carbocycles. The van der Waals surface area contributed by atoms with Gasteiger partial charge in [0.2, 0.25) is 5.91 Å². The van der Waals surface area contributed by atoms with Gasteiger partial charge >= 0.3 is 0 Å². The number of aryl methyl sites for hydroxylation is 1. The van der Waals surface area contributed by atoms with Gasteiger partial charge in [-0.05, 0) is 31.2 Å². The summed E-state index contributed by atoms with van der Waals surface area (Å²) < 4.78 is 1.77. The fraction of sp³-hybridized carbons (Fsp3) is 0.478. The number of carbonyl (C=O) groups excluding carboxylic acids is 1. The smallest absolute Gasteiger partial charge is 0.228 e. The molecule has 4 rings (SSSR count). The fourth-order valence-corrected chi connectivity index (χ4v) is 5.16. The number of hydrogen-bond donors (Lipinski definition) is 1. The zero-order valence-electron chi connectivity index (χ0n) is 16.8. The molecule has 5 heteroatoms. The maximum absolute atomic E-state index is 13.2. The summed E-state index contributed by atoms with van der Waals surface area (Å²) in [6.07, 6.45) is 12.4. The Morgan fingerprint density at radius 3 is 2.86 bits per heavy atom. The number of hydrogen-bond acceptors (Lipinski definition) is 3. The lowest BCUT2D eigenvalue weighted by Gasteiger charge is -2.35. The Morgan fingerprint density at radius 2 is 2.14 bits per heavy atom. The number of rotatable bonds is 7. The first kappa shape index (κ1) is 18.9. The van der Waals surface area contributed by atoms with Crippen LogP contribution in [0.15, 0.2) is 48.8 Å². The molecule has 2 aliphatic heterocycles. The summed E-state index contributed by atoms with van der Waals surface area (Å²) in [5.41, 5.74) is 2.02. The van der Waals surface area contributed by atoms with Crippen molar-refractivity contribution >= 4 is 12.0 Å². The van der Waals surface area contributed by atoms with Crippen LogP contribution in [0.5, 0.6) is 0 Å². The van der Waals surface area contributed by atoms with Crippen molar-refractivity contribution in [3.63, 3.8) is 0 Å². The molecule has 3 heterocycles. The van der Waals surface area contributed by atoms with Crippen molar-refractivity contribution in [2.75, 3.05) is 6.54 Å². The van der Waals surface area contributed by atoms with Gasteiger partial charge < -0.3 is 5.32 Å². The Labute approximate surface area is 167 Å². The van der Waals surface area contributed by atoms with Crippen LogP contribution in [-0.2, 0) is 18.4 Å². The summed E-state index contributed by atoms with van der Waals surface area (Å²) in [6.45, 7) is 3.64. The highest BCUT2D eigenvalue weighted by Crippen LogP contribution is 2.51. The molecule has 1 aromatic carbocycles.